The van der Waals surface area contributed by atoms with Crippen molar-refractivity contribution in [3.05, 3.63) is 47.1 Å². The molecule has 2 rings (SSSR count). The fraction of sp³-hybridized carbons (Fsp3) is 0.231. The number of nitrogens with one attached hydrogen (secondary N) is 1. The van der Waals surface area contributed by atoms with Crippen molar-refractivity contribution in [1.29, 1.82) is 0 Å². The molecule has 2 aromatic rings. The predicted molar refractivity (Wildman–Crippen MR) is 68.2 cm³/mol. The molecule has 2 aromatic heterocycles. The molecule has 0 atom stereocenters. The highest BCUT2D eigenvalue weighted by Gasteiger charge is 2.16. The first-order chi connectivity index (χ1) is 9.61. The van der Waals surface area contributed by atoms with Crippen LogP contribution in [0.25, 0.3) is 0 Å². The molecule has 2 heterocycles. The average Bonchev–Trinajstić information content (AvgIpc) is 2.95. The minimum absolute atomic E-state index is 0.0728. The molecule has 0 radical (unpaired) electrons. The van der Waals surface area contributed by atoms with Crippen molar-refractivity contribution < 1.29 is 19.2 Å². The van der Waals surface area contributed by atoms with Crippen LogP contribution in [-0.4, -0.2) is 27.1 Å². The lowest BCUT2D eigenvalue weighted by Crippen LogP contribution is -2.24. The molecule has 0 aliphatic rings. The highest BCUT2D eigenvalue weighted by atomic mass is 16.5. The number of aromatic nitrogens is 2. The van der Waals surface area contributed by atoms with Crippen molar-refractivity contribution in [2.75, 3.05) is 0 Å². The minimum Gasteiger partial charge on any atom is -0.475 e. The summed E-state index contributed by atoms with van der Waals surface area (Å²) in [6, 6.07) is 4.85. The van der Waals surface area contributed by atoms with Crippen molar-refractivity contribution >= 4 is 11.9 Å². The molecule has 2 N–H and O–H groups in total. The number of aryl methyl sites for hydroxylation is 1. The molecule has 0 unspecified atom stereocenters. The SMILES string of the molecule is CCc1cccnc1CNC(=O)c1cc(C(=O)O)on1. The third kappa shape index (κ3) is 3.00. The Hall–Kier alpha value is -2.70. The van der Waals surface area contributed by atoms with E-state index in [1.807, 2.05) is 19.1 Å². The molecule has 7 nitrogen and oxygen atoms in total. The Kier molecular flexibility index (Phi) is 4.09. The molecular formula is C13H13N3O4. The number of hydrogen-bond donors (Lipinski definition) is 2. The van der Waals surface area contributed by atoms with Crippen molar-refractivity contribution in [2.45, 2.75) is 19.9 Å². The first-order valence-corrected chi connectivity index (χ1v) is 6.02. The Labute approximate surface area is 114 Å². The summed E-state index contributed by atoms with van der Waals surface area (Å²) in [6.07, 6.45) is 2.46. The molecule has 0 aliphatic heterocycles. The van der Waals surface area contributed by atoms with Gasteiger partial charge in [-0.1, -0.05) is 18.1 Å². The molecule has 0 bridgehead atoms. The van der Waals surface area contributed by atoms with Crippen LogP contribution in [-0.2, 0) is 13.0 Å². The van der Waals surface area contributed by atoms with Crippen LogP contribution < -0.4 is 5.32 Å². The van der Waals surface area contributed by atoms with E-state index in [1.54, 1.807) is 6.20 Å². The van der Waals surface area contributed by atoms with Gasteiger partial charge in [0.1, 0.15) is 0 Å². The Bertz CT molecular complexity index is 636. The molecule has 7 heteroatoms. The van der Waals surface area contributed by atoms with E-state index in [2.05, 4.69) is 20.0 Å². The van der Waals surface area contributed by atoms with E-state index in [0.29, 0.717) is 0 Å². The minimum atomic E-state index is -1.27. The lowest BCUT2D eigenvalue weighted by molar-refractivity contribution is 0.0651. The number of nitrogens with zero attached hydrogens (tertiary/aromatic N) is 2. The monoisotopic (exact) mass is 275 g/mol. The summed E-state index contributed by atoms with van der Waals surface area (Å²) < 4.78 is 4.52. The first-order valence-electron chi connectivity index (χ1n) is 6.02. The van der Waals surface area contributed by atoms with Gasteiger partial charge >= 0.3 is 5.97 Å². The maximum atomic E-state index is 11.8. The zero-order valence-electron chi connectivity index (χ0n) is 10.8. The topological polar surface area (TPSA) is 105 Å². The number of pyridine rings is 1. The van der Waals surface area contributed by atoms with Gasteiger partial charge in [-0.15, -0.1) is 0 Å². The van der Waals surface area contributed by atoms with E-state index in [4.69, 9.17) is 5.11 Å². The summed E-state index contributed by atoms with van der Waals surface area (Å²) in [5.41, 5.74) is 1.74. The van der Waals surface area contributed by atoms with Gasteiger partial charge in [0, 0.05) is 12.3 Å². The zero-order chi connectivity index (χ0) is 14.5. The lowest BCUT2D eigenvalue weighted by Gasteiger charge is -2.06. The summed E-state index contributed by atoms with van der Waals surface area (Å²) in [5.74, 6) is -2.15. The van der Waals surface area contributed by atoms with Crippen molar-refractivity contribution in [2.24, 2.45) is 0 Å². The van der Waals surface area contributed by atoms with E-state index in [-0.39, 0.29) is 18.0 Å². The van der Waals surface area contributed by atoms with Gasteiger partial charge in [-0.3, -0.25) is 9.78 Å². The Morgan fingerprint density at radius 3 is 2.90 bits per heavy atom. The number of amides is 1. The second-order valence-corrected chi connectivity index (χ2v) is 4.03. The quantitative estimate of drug-likeness (QED) is 0.851. The molecule has 20 heavy (non-hydrogen) atoms. The molecule has 0 aliphatic carbocycles. The summed E-state index contributed by atoms with van der Waals surface area (Å²) in [4.78, 5) is 26.6. The summed E-state index contributed by atoms with van der Waals surface area (Å²) in [5, 5.41) is 14.7. The van der Waals surface area contributed by atoms with E-state index in [0.717, 1.165) is 23.7 Å². The maximum Gasteiger partial charge on any atom is 0.374 e. The van der Waals surface area contributed by atoms with Crippen LogP contribution >= 0.6 is 0 Å². The maximum absolute atomic E-state index is 11.8. The van der Waals surface area contributed by atoms with Gasteiger partial charge in [-0.05, 0) is 18.1 Å². The summed E-state index contributed by atoms with van der Waals surface area (Å²) in [7, 11) is 0. The number of rotatable bonds is 5. The van der Waals surface area contributed by atoms with E-state index < -0.39 is 11.9 Å². The average molecular weight is 275 g/mol. The van der Waals surface area contributed by atoms with Crippen molar-refractivity contribution in [3.8, 4) is 0 Å². The van der Waals surface area contributed by atoms with Crippen molar-refractivity contribution in [3.63, 3.8) is 0 Å². The van der Waals surface area contributed by atoms with Gasteiger partial charge in [0.05, 0.1) is 12.2 Å². The third-order valence-electron chi connectivity index (χ3n) is 2.74. The predicted octanol–water partition coefficient (Wildman–Crippen LogP) is 1.26. The summed E-state index contributed by atoms with van der Waals surface area (Å²) in [6.45, 7) is 2.25. The number of carboxylic acids is 1. The van der Waals surface area contributed by atoms with Gasteiger partial charge in [0.25, 0.3) is 5.91 Å². The van der Waals surface area contributed by atoms with E-state index >= 15 is 0 Å². The van der Waals surface area contributed by atoms with Gasteiger partial charge < -0.3 is 14.9 Å². The van der Waals surface area contributed by atoms with Crippen LogP contribution in [0.3, 0.4) is 0 Å². The smallest absolute Gasteiger partial charge is 0.374 e. The van der Waals surface area contributed by atoms with E-state index in [9.17, 15) is 9.59 Å². The highest BCUT2D eigenvalue weighted by molar-refractivity contribution is 5.94. The number of aromatic carboxylic acids is 1. The number of carbonyl (C=O) groups is 2. The third-order valence-corrected chi connectivity index (χ3v) is 2.74. The normalized spacial score (nSPS) is 10.2. The lowest BCUT2D eigenvalue weighted by atomic mass is 10.1. The van der Waals surface area contributed by atoms with E-state index in [1.165, 1.54) is 0 Å². The molecule has 0 fully saturated rings. The van der Waals surface area contributed by atoms with Gasteiger partial charge in [-0.25, -0.2) is 4.79 Å². The molecule has 0 saturated carbocycles. The zero-order valence-corrected chi connectivity index (χ0v) is 10.8. The molecule has 0 spiro atoms. The largest absolute Gasteiger partial charge is 0.475 e. The van der Waals surface area contributed by atoms with Gasteiger partial charge in [0.15, 0.2) is 5.69 Å². The second kappa shape index (κ2) is 5.96. The van der Waals surface area contributed by atoms with Crippen LogP contribution in [0.15, 0.2) is 28.9 Å². The Morgan fingerprint density at radius 2 is 2.25 bits per heavy atom. The Morgan fingerprint density at radius 1 is 1.45 bits per heavy atom. The number of carbonyl (C=O) groups excluding carboxylic acids is 1. The standard InChI is InChI=1S/C13H13N3O4/c1-2-8-4-3-5-14-10(8)7-15-12(17)9-6-11(13(18)19)20-16-9/h3-6H,2,7H2,1H3,(H,15,17)(H,18,19). The van der Waals surface area contributed by atoms with Crippen LogP contribution in [0.5, 0.6) is 0 Å². The second-order valence-electron chi connectivity index (χ2n) is 4.03. The number of hydrogen-bond acceptors (Lipinski definition) is 5. The van der Waals surface area contributed by atoms with Crippen LogP contribution in [0.1, 0.15) is 39.2 Å². The van der Waals surface area contributed by atoms with Gasteiger partial charge in [-0.2, -0.15) is 0 Å². The fourth-order valence-corrected chi connectivity index (χ4v) is 1.69. The molecule has 104 valence electrons. The fourth-order valence-electron chi connectivity index (χ4n) is 1.69. The van der Waals surface area contributed by atoms with Crippen molar-refractivity contribution in [1.82, 2.24) is 15.5 Å². The Balaban J connectivity index is 2.03. The van der Waals surface area contributed by atoms with Gasteiger partial charge in [0.2, 0.25) is 5.76 Å². The summed E-state index contributed by atoms with van der Waals surface area (Å²) >= 11 is 0. The van der Waals surface area contributed by atoms with Crippen LogP contribution in [0.2, 0.25) is 0 Å². The molecule has 0 aromatic carbocycles. The molecular weight excluding hydrogens is 262 g/mol. The van der Waals surface area contributed by atoms with Crippen LogP contribution in [0.4, 0.5) is 0 Å². The first kappa shape index (κ1) is 13.7. The number of carboxylic acid groups (broad SMARTS) is 1. The molecule has 0 saturated heterocycles. The van der Waals surface area contributed by atoms with Crippen LogP contribution in [0, 0.1) is 0 Å². The molecule has 1 amide bonds. The highest BCUT2D eigenvalue weighted by Crippen LogP contribution is 2.07.